The van der Waals surface area contributed by atoms with Gasteiger partial charge in [-0.25, -0.2) is 14.6 Å². The van der Waals surface area contributed by atoms with Crippen molar-refractivity contribution in [3.05, 3.63) is 144 Å². The van der Waals surface area contributed by atoms with Gasteiger partial charge < -0.3 is 59.6 Å². The molecule has 0 saturated carbocycles. The number of rotatable bonds is 20. The van der Waals surface area contributed by atoms with Crippen LogP contribution in [0.1, 0.15) is 59.5 Å². The highest BCUT2D eigenvalue weighted by molar-refractivity contribution is 8.76. The first-order valence-electron chi connectivity index (χ1n) is 26.9. The number of nitrogens with one attached hydrogen (secondary N) is 1. The lowest BCUT2D eigenvalue weighted by atomic mass is 9.98. The predicted molar refractivity (Wildman–Crippen MR) is 311 cm³/mol. The van der Waals surface area contributed by atoms with Crippen LogP contribution in [0.25, 0.3) is 11.1 Å². The topological polar surface area (TPSA) is 246 Å². The van der Waals surface area contributed by atoms with Crippen molar-refractivity contribution in [2.45, 2.75) is 67.6 Å². The number of nitrogens with two attached hydrogens (primary N) is 2. The molecule has 0 bridgehead atoms. The summed E-state index contributed by atoms with van der Waals surface area (Å²) in [6, 6.07) is 30.4. The molecule has 4 saturated heterocycles. The maximum atomic E-state index is 14.2. The minimum Gasteiger partial charge on any atom is -0.493 e. The lowest BCUT2D eigenvalue weighted by Gasteiger charge is -2.33. The Kier molecular flexibility index (Phi) is 22.0. The Morgan fingerprint density at radius 1 is 0.720 bits per heavy atom. The average Bonchev–Trinajstić information content (AvgIpc) is 4.00. The van der Waals surface area contributed by atoms with Gasteiger partial charge in [-0.2, -0.15) is 9.59 Å². The van der Waals surface area contributed by atoms with E-state index in [0.717, 1.165) is 70.7 Å². The third kappa shape index (κ3) is 15.2. The second kappa shape index (κ2) is 29.8. The predicted octanol–water partition coefficient (Wildman–Crippen LogP) is 8.83. The summed E-state index contributed by atoms with van der Waals surface area (Å²) in [5.41, 5.74) is 20.1. The monoisotopic (exact) mass is 1160 g/mol. The molecule has 5 N–H and O–H groups in total. The van der Waals surface area contributed by atoms with Crippen LogP contribution in [0.5, 0.6) is 23.0 Å². The highest BCUT2D eigenvalue weighted by Gasteiger charge is 2.45. The van der Waals surface area contributed by atoms with Crippen LogP contribution >= 0.6 is 21.6 Å². The van der Waals surface area contributed by atoms with Crippen molar-refractivity contribution in [1.82, 2.24) is 25.0 Å². The molecule has 0 spiro atoms. The first kappa shape index (κ1) is 60.4. The quantitative estimate of drug-likeness (QED) is 0.0285. The van der Waals surface area contributed by atoms with Crippen LogP contribution in [-0.2, 0) is 28.5 Å². The number of unbranched alkanes of at least 4 members (excludes halogenated alkanes) is 2. The number of anilines is 2. The fraction of sp³-hybridized carbons (Fsp3) is 0.383. The van der Waals surface area contributed by atoms with Gasteiger partial charge in [-0.1, -0.05) is 89.7 Å². The van der Waals surface area contributed by atoms with Crippen LogP contribution in [-0.4, -0.2) is 154 Å². The number of likely N-dealkylation sites (tertiary alicyclic amines) is 1. The Balaban J connectivity index is 0.000000270. The van der Waals surface area contributed by atoms with Crippen LogP contribution in [0.2, 0.25) is 0 Å². The molecular weight excluding hydrogens is 1090 g/mol. The van der Waals surface area contributed by atoms with E-state index in [1.165, 1.54) is 7.11 Å². The maximum absolute atomic E-state index is 14.2. The van der Waals surface area contributed by atoms with Crippen molar-refractivity contribution in [1.29, 1.82) is 0 Å². The molecule has 5 heterocycles. The first-order chi connectivity index (χ1) is 39.9. The van der Waals surface area contributed by atoms with E-state index in [-0.39, 0.29) is 54.2 Å². The standard InChI is InChI=1S/C43H48N4O8.C16H21N3O3S2.CO2/c1-27-21-36(42-46(17-20-54-42)43(49)55-26-34-31-13-7-5-11-29(31)30-12-6-8-14-32(30)34)47(25-27)41(48)33-23-38(51-3)40(24-35(33)45)53-19-10-4-9-18-52-39-22-28(44)15-16-37(39)50-2;1-12-10-13(18-11-12)15-19(6-7-21-15)16(20)22-8-9-23-24-14-4-2-3-5-17-14;2-1-3/h5-8,11-16,22-24,34,36,42H,1,4,9-10,17-21,25-26,44-45H2,2-3H3;2-5,13,15,18H,1,6-11H2;/t36-,42?;13-,15?;/m00./s1. The van der Waals surface area contributed by atoms with E-state index in [1.807, 2.05) is 42.5 Å². The summed E-state index contributed by atoms with van der Waals surface area (Å²) >= 11 is 0. The lowest BCUT2D eigenvalue weighted by molar-refractivity contribution is -0.191. The summed E-state index contributed by atoms with van der Waals surface area (Å²) in [5, 5.41) is 4.29. The van der Waals surface area contributed by atoms with Gasteiger partial charge in [0.25, 0.3) is 5.91 Å². The molecule has 5 aliphatic rings. The molecule has 3 amide bonds. The van der Waals surface area contributed by atoms with Crippen molar-refractivity contribution in [2.75, 3.05) is 97.3 Å². The zero-order chi connectivity index (χ0) is 58.0. The van der Waals surface area contributed by atoms with E-state index < -0.39 is 18.4 Å². The Morgan fingerprint density at radius 3 is 2.00 bits per heavy atom. The molecular formula is C60H69N7O13S2. The van der Waals surface area contributed by atoms with Gasteiger partial charge in [-0.15, -0.1) is 0 Å². The van der Waals surface area contributed by atoms with Crippen LogP contribution < -0.4 is 35.7 Å². The van der Waals surface area contributed by atoms with E-state index in [0.29, 0.717) is 93.5 Å². The number of carbonyl (C=O) groups excluding carboxylic acids is 5. The molecule has 4 atom stereocenters. The Labute approximate surface area is 485 Å². The molecule has 5 aromatic rings. The molecule has 22 heteroatoms. The lowest BCUT2D eigenvalue weighted by Crippen LogP contribution is -2.51. The fourth-order valence-electron chi connectivity index (χ4n) is 10.4. The van der Waals surface area contributed by atoms with Gasteiger partial charge in [-0.05, 0) is 95.5 Å². The van der Waals surface area contributed by atoms with Crippen molar-refractivity contribution >= 4 is 57.2 Å². The van der Waals surface area contributed by atoms with Crippen molar-refractivity contribution in [3.8, 4) is 34.1 Å². The highest BCUT2D eigenvalue weighted by Crippen LogP contribution is 2.45. The number of methoxy groups -OCH3 is 2. The van der Waals surface area contributed by atoms with Gasteiger partial charge in [0.15, 0.2) is 35.5 Å². The molecule has 4 fully saturated rings. The number of nitrogen functional groups attached to an aromatic ring is 2. The number of aromatic nitrogens is 1. The zero-order valence-corrected chi connectivity index (χ0v) is 47.6. The smallest absolute Gasteiger partial charge is 0.412 e. The highest BCUT2D eigenvalue weighted by atomic mass is 33.1. The first-order valence-corrected chi connectivity index (χ1v) is 29.3. The summed E-state index contributed by atoms with van der Waals surface area (Å²) in [5.74, 6) is 2.41. The second-order valence-electron chi connectivity index (χ2n) is 19.6. The van der Waals surface area contributed by atoms with Crippen LogP contribution in [0.4, 0.5) is 21.0 Å². The van der Waals surface area contributed by atoms with Crippen molar-refractivity contribution in [3.63, 3.8) is 0 Å². The number of hydrogen-bond acceptors (Lipinski definition) is 19. The Morgan fingerprint density at radius 2 is 1.35 bits per heavy atom. The normalized spacial score (nSPS) is 18.8. The van der Waals surface area contributed by atoms with Gasteiger partial charge in [0.1, 0.15) is 18.2 Å². The van der Waals surface area contributed by atoms with Crippen molar-refractivity contribution < 1.29 is 61.9 Å². The number of carbonyl (C=O) groups is 3. The van der Waals surface area contributed by atoms with E-state index in [4.69, 9.17) is 59.0 Å². The molecule has 82 heavy (non-hydrogen) atoms. The summed E-state index contributed by atoms with van der Waals surface area (Å²) < 4.78 is 46.1. The van der Waals surface area contributed by atoms with Crippen LogP contribution in [0, 0.1) is 0 Å². The van der Waals surface area contributed by atoms with Gasteiger partial charge in [0.2, 0.25) is 0 Å². The second-order valence-corrected chi connectivity index (χ2v) is 22.1. The number of fused-ring (bicyclic) bond motifs is 3. The molecule has 10 rings (SSSR count). The third-order valence-corrected chi connectivity index (χ3v) is 16.5. The van der Waals surface area contributed by atoms with E-state index in [9.17, 15) is 14.4 Å². The fourth-order valence-corrected chi connectivity index (χ4v) is 12.1. The number of hydrogen-bond donors (Lipinski definition) is 3. The molecule has 20 nitrogen and oxygen atoms in total. The summed E-state index contributed by atoms with van der Waals surface area (Å²) in [4.78, 5) is 65.5. The van der Waals surface area contributed by atoms with E-state index >= 15 is 0 Å². The van der Waals surface area contributed by atoms with Gasteiger partial charge in [-0.3, -0.25) is 14.6 Å². The summed E-state index contributed by atoms with van der Waals surface area (Å²) in [7, 11) is 6.32. The molecule has 1 aromatic heterocycles. The largest absolute Gasteiger partial charge is 0.493 e. The number of nitrogens with zero attached hydrogens (tertiary/aromatic N) is 4. The molecule has 0 radical (unpaired) electrons. The number of amides is 3. The minimum atomic E-state index is -0.706. The van der Waals surface area contributed by atoms with Crippen molar-refractivity contribution in [2.24, 2.45) is 0 Å². The van der Waals surface area contributed by atoms with E-state index in [1.54, 1.807) is 79.9 Å². The molecule has 4 aliphatic heterocycles. The zero-order valence-electron chi connectivity index (χ0n) is 46.0. The van der Waals surface area contributed by atoms with Crippen LogP contribution in [0.3, 0.4) is 0 Å². The van der Waals surface area contributed by atoms with Gasteiger partial charge in [0, 0.05) is 54.5 Å². The molecule has 2 unspecified atom stereocenters. The maximum Gasteiger partial charge on any atom is 0.412 e. The minimum absolute atomic E-state index is 0.0714. The summed E-state index contributed by atoms with van der Waals surface area (Å²) in [6.45, 7) is 12.5. The van der Waals surface area contributed by atoms with Gasteiger partial charge in [0.05, 0.1) is 71.4 Å². The third-order valence-electron chi connectivity index (χ3n) is 14.2. The molecule has 1 aliphatic carbocycles. The Bertz CT molecular complexity index is 3010. The SMILES string of the molecule is C=C1CN[C@H](C2OCCN2C(=O)OCCSSc2ccccn2)C1.C=C1C[C@@H](C2OCCN2C(=O)OCC2c3ccccc3-c3ccccc32)N(C(=O)c2cc(OC)c(OCCCCCOc3cc(N)ccc3OC)cc2N)C1.O=C=O. The van der Waals surface area contributed by atoms with Gasteiger partial charge >= 0.3 is 18.3 Å². The molecule has 434 valence electrons. The van der Waals surface area contributed by atoms with Crippen LogP contribution in [0.15, 0.2) is 133 Å². The number of ether oxygens (including phenoxy) is 8. The van der Waals surface area contributed by atoms with E-state index in [2.05, 4.69) is 47.7 Å². The number of benzene rings is 4. The molecule has 4 aromatic carbocycles. The summed E-state index contributed by atoms with van der Waals surface area (Å²) in [6.07, 6.45) is 4.00. The average molecular weight is 1160 g/mol. The number of pyridine rings is 1. The Hall–Kier alpha value is -7.72.